The van der Waals surface area contributed by atoms with Crippen molar-refractivity contribution in [1.29, 1.82) is 0 Å². The number of benzene rings is 2. The Kier molecular flexibility index (Phi) is 10.8. The number of halogens is 1. The van der Waals surface area contributed by atoms with E-state index < -0.39 is 0 Å². The first-order valence-corrected chi connectivity index (χ1v) is 9.80. The van der Waals surface area contributed by atoms with E-state index in [0.717, 1.165) is 18.1 Å². The van der Waals surface area contributed by atoms with Crippen LogP contribution >= 0.6 is 24.0 Å². The third kappa shape index (κ3) is 7.60. The van der Waals surface area contributed by atoms with Crippen molar-refractivity contribution in [2.24, 2.45) is 4.99 Å². The van der Waals surface area contributed by atoms with Crippen LogP contribution in [-0.4, -0.2) is 63.4 Å². The molecule has 0 aliphatic heterocycles. The molecule has 2 rings (SSSR count). The minimum Gasteiger partial charge on any atom is -0.354 e. The van der Waals surface area contributed by atoms with Crippen molar-refractivity contribution in [3.05, 3.63) is 70.8 Å². The fourth-order valence-electron chi connectivity index (χ4n) is 3.01. The van der Waals surface area contributed by atoms with Crippen LogP contribution in [0.3, 0.4) is 0 Å². The number of likely N-dealkylation sites (N-methyl/N-ethyl adjacent to an activating group) is 1. The molecule has 2 N–H and O–H groups in total. The number of carbonyl (C=O) groups excluding carboxylic acids is 1. The van der Waals surface area contributed by atoms with Gasteiger partial charge in [-0.1, -0.05) is 42.0 Å². The van der Waals surface area contributed by atoms with Crippen LogP contribution in [0, 0.1) is 6.92 Å². The van der Waals surface area contributed by atoms with Crippen LogP contribution in [0.2, 0.25) is 0 Å². The lowest BCUT2D eigenvalue weighted by molar-refractivity contribution is 0.0827. The van der Waals surface area contributed by atoms with Crippen molar-refractivity contribution >= 4 is 35.8 Å². The first kappa shape index (κ1) is 25.9. The number of aliphatic imine (C=N–C) groups is 1. The monoisotopic (exact) mass is 523 g/mol. The van der Waals surface area contributed by atoms with E-state index in [2.05, 4.69) is 65.8 Å². The highest BCUT2D eigenvalue weighted by Gasteiger charge is 2.14. The summed E-state index contributed by atoms with van der Waals surface area (Å²) in [5.41, 5.74) is 4.30. The van der Waals surface area contributed by atoms with Crippen LogP contribution in [0.25, 0.3) is 0 Å². The van der Waals surface area contributed by atoms with Crippen LogP contribution in [0.1, 0.15) is 33.1 Å². The fraction of sp³-hybridized carbons (Fsp3) is 0.391. The molecule has 0 fully saturated rings. The zero-order chi connectivity index (χ0) is 21.4. The van der Waals surface area contributed by atoms with Gasteiger partial charge in [-0.15, -0.1) is 24.0 Å². The second-order valence-corrected chi connectivity index (χ2v) is 7.59. The number of guanidine groups is 1. The lowest BCUT2D eigenvalue weighted by Crippen LogP contribution is -2.41. The predicted molar refractivity (Wildman–Crippen MR) is 136 cm³/mol. The lowest BCUT2D eigenvalue weighted by Gasteiger charge is -2.26. The van der Waals surface area contributed by atoms with Crippen molar-refractivity contribution in [3.8, 4) is 0 Å². The van der Waals surface area contributed by atoms with Gasteiger partial charge in [0.25, 0.3) is 5.91 Å². The number of amides is 1. The second-order valence-electron chi connectivity index (χ2n) is 7.59. The van der Waals surface area contributed by atoms with Crippen molar-refractivity contribution in [2.75, 3.05) is 41.8 Å². The van der Waals surface area contributed by atoms with Gasteiger partial charge in [-0.3, -0.25) is 9.79 Å². The Morgan fingerprint density at radius 3 is 2.07 bits per heavy atom. The molecule has 0 bridgehead atoms. The summed E-state index contributed by atoms with van der Waals surface area (Å²) in [5, 5.41) is 6.75. The summed E-state index contributed by atoms with van der Waals surface area (Å²) < 4.78 is 0. The number of aryl methyl sites for hydroxylation is 1. The molecule has 1 unspecified atom stereocenters. The summed E-state index contributed by atoms with van der Waals surface area (Å²) in [6.07, 6.45) is 0. The van der Waals surface area contributed by atoms with Crippen molar-refractivity contribution < 1.29 is 4.79 Å². The van der Waals surface area contributed by atoms with Crippen LogP contribution in [0.15, 0.2) is 53.5 Å². The van der Waals surface area contributed by atoms with Crippen molar-refractivity contribution in [2.45, 2.75) is 19.5 Å². The highest BCUT2D eigenvalue weighted by molar-refractivity contribution is 14.0. The van der Waals surface area contributed by atoms with Gasteiger partial charge in [0, 0.05) is 39.8 Å². The molecule has 164 valence electrons. The molecule has 0 saturated carbocycles. The maximum atomic E-state index is 12.0. The molecular formula is C23H34IN5O. The van der Waals surface area contributed by atoms with E-state index in [-0.39, 0.29) is 35.9 Å². The Hall–Kier alpha value is -2.13. The minimum absolute atomic E-state index is 0. The summed E-state index contributed by atoms with van der Waals surface area (Å²) >= 11 is 0. The molecule has 0 spiro atoms. The van der Waals surface area contributed by atoms with Crippen molar-refractivity contribution in [3.63, 3.8) is 0 Å². The van der Waals surface area contributed by atoms with E-state index in [1.807, 2.05) is 24.3 Å². The molecule has 2 aromatic rings. The summed E-state index contributed by atoms with van der Waals surface area (Å²) in [5.74, 6) is 0.755. The van der Waals surface area contributed by atoms with E-state index >= 15 is 0 Å². The third-order valence-electron chi connectivity index (χ3n) is 4.84. The second kappa shape index (κ2) is 12.5. The van der Waals surface area contributed by atoms with Gasteiger partial charge < -0.3 is 20.4 Å². The molecule has 0 radical (unpaired) electrons. The average Bonchev–Trinajstić information content (AvgIpc) is 2.71. The Bertz CT molecular complexity index is 816. The van der Waals surface area contributed by atoms with Crippen LogP contribution in [0.4, 0.5) is 0 Å². The van der Waals surface area contributed by atoms with E-state index in [0.29, 0.717) is 12.1 Å². The smallest absolute Gasteiger partial charge is 0.253 e. The molecule has 0 aliphatic carbocycles. The van der Waals surface area contributed by atoms with Gasteiger partial charge >= 0.3 is 0 Å². The van der Waals surface area contributed by atoms with Crippen LogP contribution in [0.5, 0.6) is 0 Å². The SMILES string of the molecule is CN=C(NCc1ccc(C(=O)N(C)C)cc1)NCC(c1ccc(C)cc1)N(C)C.I. The third-order valence-corrected chi connectivity index (χ3v) is 4.84. The maximum Gasteiger partial charge on any atom is 0.253 e. The molecule has 1 atom stereocenters. The molecule has 7 heteroatoms. The number of hydrogen-bond donors (Lipinski definition) is 2. The number of rotatable bonds is 7. The van der Waals surface area contributed by atoms with Gasteiger partial charge in [0.15, 0.2) is 5.96 Å². The molecule has 1 amide bonds. The average molecular weight is 523 g/mol. The van der Waals surface area contributed by atoms with Gasteiger partial charge in [-0.25, -0.2) is 0 Å². The van der Waals surface area contributed by atoms with Crippen LogP contribution < -0.4 is 10.6 Å². The number of hydrogen-bond acceptors (Lipinski definition) is 3. The van der Waals surface area contributed by atoms with E-state index in [4.69, 9.17) is 0 Å². The fourth-order valence-corrected chi connectivity index (χ4v) is 3.01. The maximum absolute atomic E-state index is 12.0. The van der Waals surface area contributed by atoms with E-state index in [9.17, 15) is 4.79 Å². The highest BCUT2D eigenvalue weighted by atomic mass is 127. The lowest BCUT2D eigenvalue weighted by atomic mass is 10.0. The Balaban J connectivity index is 0.00000450. The summed E-state index contributed by atoms with van der Waals surface area (Å²) in [6, 6.07) is 16.5. The molecule has 0 aromatic heterocycles. The zero-order valence-electron chi connectivity index (χ0n) is 18.8. The van der Waals surface area contributed by atoms with Gasteiger partial charge in [-0.2, -0.15) is 0 Å². The van der Waals surface area contributed by atoms with Gasteiger partial charge in [0.05, 0.1) is 6.04 Å². The topological polar surface area (TPSA) is 60.0 Å². The standard InChI is InChI=1S/C23H33N5O.HI/c1-17-7-11-19(12-8-17)21(27(3)4)16-26-23(24-2)25-15-18-9-13-20(14-10-18)22(29)28(5)6;/h7-14,21H,15-16H2,1-6H3,(H2,24,25,26);1H. The molecule has 6 nitrogen and oxygen atoms in total. The molecule has 0 aliphatic rings. The molecule has 0 saturated heterocycles. The van der Waals surface area contributed by atoms with Crippen LogP contribution in [-0.2, 0) is 6.54 Å². The van der Waals surface area contributed by atoms with Gasteiger partial charge in [0.1, 0.15) is 0 Å². The van der Waals surface area contributed by atoms with Gasteiger partial charge in [-0.05, 0) is 44.3 Å². The Morgan fingerprint density at radius 2 is 1.57 bits per heavy atom. The summed E-state index contributed by atoms with van der Waals surface area (Å²) in [4.78, 5) is 20.1. The largest absolute Gasteiger partial charge is 0.354 e. The summed E-state index contributed by atoms with van der Waals surface area (Å²) in [6.45, 7) is 3.47. The van der Waals surface area contributed by atoms with Gasteiger partial charge in [0.2, 0.25) is 0 Å². The van der Waals surface area contributed by atoms with Crippen molar-refractivity contribution in [1.82, 2.24) is 20.4 Å². The Labute approximate surface area is 197 Å². The Morgan fingerprint density at radius 1 is 0.967 bits per heavy atom. The molecule has 0 heterocycles. The minimum atomic E-state index is 0. The first-order valence-electron chi connectivity index (χ1n) is 9.80. The van der Waals surface area contributed by atoms with E-state index in [1.165, 1.54) is 11.1 Å². The molecule has 2 aromatic carbocycles. The predicted octanol–water partition coefficient (Wildman–Crippen LogP) is 3.28. The molecule has 30 heavy (non-hydrogen) atoms. The number of nitrogens with one attached hydrogen (secondary N) is 2. The number of nitrogens with zero attached hydrogens (tertiary/aromatic N) is 3. The first-order chi connectivity index (χ1) is 13.8. The molecular weight excluding hydrogens is 489 g/mol. The highest BCUT2D eigenvalue weighted by Crippen LogP contribution is 2.17. The normalized spacial score (nSPS) is 12.2. The van der Waals surface area contributed by atoms with E-state index in [1.54, 1.807) is 26.0 Å². The number of carbonyl (C=O) groups is 1. The zero-order valence-corrected chi connectivity index (χ0v) is 21.1. The summed E-state index contributed by atoms with van der Waals surface area (Å²) in [7, 11) is 9.44. The quantitative estimate of drug-likeness (QED) is 0.333.